The fraction of sp³-hybridized carbons (Fsp3) is 0.120. The smallest absolute Gasteiger partial charge is 0.322 e. The number of nitrogen functional groups attached to an aromatic ring is 2. The van der Waals surface area contributed by atoms with E-state index in [1.807, 2.05) is 6.92 Å². The minimum atomic E-state index is -0.645. The monoisotopic (exact) mass is 473 g/mol. The first-order valence-electron chi connectivity index (χ1n) is 10.7. The van der Waals surface area contributed by atoms with Crippen molar-refractivity contribution in [3.8, 4) is 28.7 Å². The van der Waals surface area contributed by atoms with Gasteiger partial charge in [0.15, 0.2) is 17.4 Å². The van der Waals surface area contributed by atoms with Crippen molar-refractivity contribution >= 4 is 22.5 Å². The first-order chi connectivity index (χ1) is 16.8. The molecule has 0 fully saturated rings. The quantitative estimate of drug-likeness (QED) is 0.351. The normalized spacial score (nSPS) is 11.2. The Hall–Kier alpha value is -4.60. The summed E-state index contributed by atoms with van der Waals surface area (Å²) in [5.41, 5.74) is 16.4. The van der Waals surface area contributed by atoms with Crippen LogP contribution in [0.4, 0.5) is 20.3 Å². The highest BCUT2D eigenvalue weighted by Gasteiger charge is 2.24. The molecule has 3 heterocycles. The topological polar surface area (TPSA) is 118 Å². The molecule has 0 aliphatic carbocycles. The van der Waals surface area contributed by atoms with Gasteiger partial charge in [-0.1, -0.05) is 6.07 Å². The van der Waals surface area contributed by atoms with Crippen LogP contribution in [0.5, 0.6) is 11.8 Å². The average Bonchev–Trinajstić information content (AvgIpc) is 3.12. The Morgan fingerprint density at radius 3 is 2.46 bits per heavy atom. The number of benzene rings is 2. The van der Waals surface area contributed by atoms with Gasteiger partial charge in [-0.25, -0.2) is 28.7 Å². The number of aromatic nitrogens is 5. The van der Waals surface area contributed by atoms with Crippen molar-refractivity contribution in [2.75, 3.05) is 11.5 Å². The molecular formula is C25H21F2N7O. The summed E-state index contributed by atoms with van der Waals surface area (Å²) in [6, 6.07) is 9.38. The fourth-order valence-electron chi connectivity index (χ4n) is 4.11. The van der Waals surface area contributed by atoms with Crippen LogP contribution in [-0.4, -0.2) is 24.5 Å². The molecule has 0 radical (unpaired) electrons. The molecule has 0 bridgehead atoms. The molecule has 5 aromatic rings. The molecule has 0 atom stereocenters. The van der Waals surface area contributed by atoms with E-state index in [0.717, 1.165) is 5.56 Å². The van der Waals surface area contributed by atoms with Crippen molar-refractivity contribution in [3.05, 3.63) is 77.4 Å². The van der Waals surface area contributed by atoms with Crippen molar-refractivity contribution in [1.29, 1.82) is 0 Å². The summed E-state index contributed by atoms with van der Waals surface area (Å²) >= 11 is 0. The average molecular weight is 473 g/mol. The largest absolute Gasteiger partial charge is 0.421 e. The number of ether oxygens (including phenoxy) is 1. The van der Waals surface area contributed by atoms with E-state index in [9.17, 15) is 4.39 Å². The van der Waals surface area contributed by atoms with E-state index >= 15 is 4.39 Å². The van der Waals surface area contributed by atoms with Gasteiger partial charge in [0, 0.05) is 34.8 Å². The highest BCUT2D eigenvalue weighted by molar-refractivity contribution is 5.96. The highest BCUT2D eigenvalue weighted by Crippen LogP contribution is 2.40. The van der Waals surface area contributed by atoms with Gasteiger partial charge >= 0.3 is 6.01 Å². The van der Waals surface area contributed by atoms with Crippen LogP contribution in [0.25, 0.3) is 28.0 Å². The number of nitrogens with zero attached hydrogens (tertiary/aromatic N) is 5. The van der Waals surface area contributed by atoms with Gasteiger partial charge in [0.25, 0.3) is 0 Å². The zero-order valence-corrected chi connectivity index (χ0v) is 19.2. The summed E-state index contributed by atoms with van der Waals surface area (Å²) < 4.78 is 37.2. The van der Waals surface area contributed by atoms with Crippen molar-refractivity contribution in [2.24, 2.45) is 0 Å². The second-order valence-electron chi connectivity index (χ2n) is 8.10. The SMILES string of the molecule is Cc1ccnc(Oc2ccc(-n3c(-c4ccc(N)c(F)c4C)c(C)c4ncnc(N)c43)cc2F)n1. The molecule has 0 amide bonds. The predicted molar refractivity (Wildman–Crippen MR) is 129 cm³/mol. The van der Waals surface area contributed by atoms with Crippen molar-refractivity contribution < 1.29 is 13.5 Å². The summed E-state index contributed by atoms with van der Waals surface area (Å²) in [6.07, 6.45) is 2.89. The lowest BCUT2D eigenvalue weighted by Crippen LogP contribution is -2.04. The molecule has 5 rings (SSSR count). The lowest BCUT2D eigenvalue weighted by atomic mass is 10.0. The van der Waals surface area contributed by atoms with E-state index in [1.165, 1.54) is 30.7 Å². The van der Waals surface area contributed by atoms with Crippen LogP contribution in [0.1, 0.15) is 16.8 Å². The third-order valence-corrected chi connectivity index (χ3v) is 5.83. The van der Waals surface area contributed by atoms with Gasteiger partial charge in [-0.05, 0) is 50.6 Å². The molecule has 0 saturated heterocycles. The number of rotatable bonds is 4. The van der Waals surface area contributed by atoms with Gasteiger partial charge in [-0.2, -0.15) is 0 Å². The Bertz CT molecular complexity index is 1610. The summed E-state index contributed by atoms with van der Waals surface area (Å²) in [5, 5.41) is 0. The molecule has 176 valence electrons. The van der Waals surface area contributed by atoms with Gasteiger partial charge in [0.2, 0.25) is 0 Å². The Morgan fingerprint density at radius 2 is 1.71 bits per heavy atom. The van der Waals surface area contributed by atoms with Crippen LogP contribution in [-0.2, 0) is 0 Å². The van der Waals surface area contributed by atoms with Crippen molar-refractivity contribution in [2.45, 2.75) is 20.8 Å². The van der Waals surface area contributed by atoms with Crippen LogP contribution in [0.15, 0.2) is 48.9 Å². The number of halogens is 2. The molecule has 4 N–H and O–H groups in total. The maximum Gasteiger partial charge on any atom is 0.322 e. The zero-order chi connectivity index (χ0) is 24.9. The van der Waals surface area contributed by atoms with E-state index in [4.69, 9.17) is 16.2 Å². The molecule has 35 heavy (non-hydrogen) atoms. The Morgan fingerprint density at radius 1 is 0.914 bits per heavy atom. The van der Waals surface area contributed by atoms with E-state index < -0.39 is 11.6 Å². The second kappa shape index (κ2) is 8.32. The number of hydrogen-bond acceptors (Lipinski definition) is 7. The summed E-state index contributed by atoms with van der Waals surface area (Å²) in [4.78, 5) is 16.6. The molecule has 0 aliphatic rings. The Labute approximate surface area is 199 Å². The highest BCUT2D eigenvalue weighted by atomic mass is 19.1. The minimum absolute atomic E-state index is 0.0326. The van der Waals surface area contributed by atoms with Crippen molar-refractivity contribution in [3.63, 3.8) is 0 Å². The Kier molecular flexibility index (Phi) is 5.28. The van der Waals surface area contributed by atoms with Gasteiger partial charge in [0.05, 0.1) is 16.9 Å². The molecule has 0 unspecified atom stereocenters. The molecule has 8 nitrogen and oxygen atoms in total. The maximum atomic E-state index is 15.2. The number of nitrogens with two attached hydrogens (primary N) is 2. The predicted octanol–water partition coefficient (Wildman–Crippen LogP) is 5.04. The first kappa shape index (κ1) is 22.2. The molecule has 2 aromatic carbocycles. The van der Waals surface area contributed by atoms with Gasteiger partial charge in [-0.15, -0.1) is 0 Å². The minimum Gasteiger partial charge on any atom is -0.421 e. The van der Waals surface area contributed by atoms with Crippen LogP contribution in [0, 0.1) is 32.4 Å². The number of fused-ring (bicyclic) bond motifs is 1. The van der Waals surface area contributed by atoms with Gasteiger partial charge in [-0.3, -0.25) is 0 Å². The number of hydrogen-bond donors (Lipinski definition) is 2. The van der Waals surface area contributed by atoms with Gasteiger partial charge in [0.1, 0.15) is 17.7 Å². The Balaban J connectivity index is 1.73. The third-order valence-electron chi connectivity index (χ3n) is 5.83. The molecule has 0 saturated carbocycles. The zero-order valence-electron chi connectivity index (χ0n) is 19.2. The fourth-order valence-corrected chi connectivity index (χ4v) is 4.11. The standard InChI is InChI=1S/C25H21F2N7O/c1-12-8-9-30-25(33-12)35-19-7-4-15(10-17(19)26)34-22(16-5-6-18(28)20(27)13(16)2)14(3)21-23(34)24(29)32-11-31-21/h4-11H,28H2,1-3H3,(H2,29,31,32). The van der Waals surface area contributed by atoms with Crippen LogP contribution < -0.4 is 16.2 Å². The summed E-state index contributed by atoms with van der Waals surface area (Å²) in [6.45, 7) is 5.26. The van der Waals surface area contributed by atoms with E-state index in [-0.39, 0.29) is 23.3 Å². The van der Waals surface area contributed by atoms with Gasteiger partial charge < -0.3 is 20.8 Å². The van der Waals surface area contributed by atoms with Crippen molar-refractivity contribution in [1.82, 2.24) is 24.5 Å². The molecule has 10 heteroatoms. The number of aryl methyl sites for hydroxylation is 2. The molecule has 0 aliphatic heterocycles. The molecule has 0 spiro atoms. The lowest BCUT2D eigenvalue weighted by Gasteiger charge is -2.16. The summed E-state index contributed by atoms with van der Waals surface area (Å²) in [5.74, 6) is -1.01. The number of anilines is 2. The lowest BCUT2D eigenvalue weighted by molar-refractivity contribution is 0.410. The van der Waals surface area contributed by atoms with Crippen LogP contribution in [0.2, 0.25) is 0 Å². The van der Waals surface area contributed by atoms with E-state index in [0.29, 0.717) is 39.2 Å². The van der Waals surface area contributed by atoms with Crippen LogP contribution in [0.3, 0.4) is 0 Å². The van der Waals surface area contributed by atoms with E-state index in [2.05, 4.69) is 19.9 Å². The van der Waals surface area contributed by atoms with E-state index in [1.54, 1.807) is 36.6 Å². The summed E-state index contributed by atoms with van der Waals surface area (Å²) in [7, 11) is 0. The third kappa shape index (κ3) is 3.68. The molecule has 3 aromatic heterocycles. The molecular weight excluding hydrogens is 452 g/mol. The maximum absolute atomic E-state index is 15.2. The van der Waals surface area contributed by atoms with Crippen LogP contribution >= 0.6 is 0 Å². The second-order valence-corrected chi connectivity index (χ2v) is 8.10. The first-order valence-corrected chi connectivity index (χ1v) is 10.7.